The molecule has 0 aromatic heterocycles. The van der Waals surface area contributed by atoms with Gasteiger partial charge in [0.05, 0.1) is 12.2 Å². The minimum Gasteiger partial charge on any atom is -0.445 e. The van der Waals surface area contributed by atoms with Gasteiger partial charge in [-0.3, -0.25) is 4.79 Å². The van der Waals surface area contributed by atoms with Crippen LogP contribution in [0.1, 0.15) is 58.4 Å². The maximum Gasteiger partial charge on any atom is 0.408 e. The first-order chi connectivity index (χ1) is 12.8. The van der Waals surface area contributed by atoms with Crippen LogP contribution in [-0.2, 0) is 20.9 Å². The van der Waals surface area contributed by atoms with Crippen LogP contribution in [0.3, 0.4) is 0 Å². The molecule has 2 N–H and O–H groups in total. The van der Waals surface area contributed by atoms with Crippen LogP contribution in [0.5, 0.6) is 0 Å². The number of ether oxygens (including phenoxy) is 2. The molecule has 150 valence electrons. The summed E-state index contributed by atoms with van der Waals surface area (Å²) >= 11 is 0. The lowest BCUT2D eigenvalue weighted by Gasteiger charge is -2.28. The minimum atomic E-state index is -0.783. The number of carbonyl (C=O) groups is 2. The van der Waals surface area contributed by atoms with Crippen molar-refractivity contribution in [2.45, 2.75) is 77.2 Å². The second-order valence-corrected chi connectivity index (χ2v) is 8.03. The summed E-state index contributed by atoms with van der Waals surface area (Å²) in [6.45, 7) is 6.00. The lowest BCUT2D eigenvalue weighted by atomic mass is 9.95. The van der Waals surface area contributed by atoms with Crippen LogP contribution in [0, 0.1) is 0 Å². The van der Waals surface area contributed by atoms with E-state index in [0.29, 0.717) is 0 Å². The van der Waals surface area contributed by atoms with Crippen molar-refractivity contribution in [3.63, 3.8) is 0 Å². The van der Waals surface area contributed by atoms with E-state index < -0.39 is 17.7 Å². The van der Waals surface area contributed by atoms with Gasteiger partial charge in [0.2, 0.25) is 5.91 Å². The average Bonchev–Trinajstić information content (AvgIpc) is 2.64. The molecule has 1 aromatic carbocycles. The Morgan fingerprint density at radius 1 is 1.11 bits per heavy atom. The van der Waals surface area contributed by atoms with E-state index in [9.17, 15) is 9.59 Å². The molecule has 1 aromatic rings. The standard InChI is InChI=1S/C21H32N2O4/c1-21(2,3)27-15-18(19(24)22-17-12-8-5-9-13-17)23-20(25)26-14-16-10-6-4-7-11-16/h4,6-7,10-11,17-18H,5,8-9,12-15H2,1-3H3,(H,22,24)(H,23,25)/t18-/m1/s1. The molecule has 6 nitrogen and oxygen atoms in total. The molecule has 0 bridgehead atoms. The quantitative estimate of drug-likeness (QED) is 0.763. The van der Waals surface area contributed by atoms with Gasteiger partial charge in [0.25, 0.3) is 0 Å². The molecule has 1 saturated carbocycles. The molecular formula is C21H32N2O4. The molecule has 0 spiro atoms. The van der Waals surface area contributed by atoms with Gasteiger partial charge in [0.1, 0.15) is 12.6 Å². The van der Waals surface area contributed by atoms with E-state index >= 15 is 0 Å². The Bertz CT molecular complexity index is 592. The smallest absolute Gasteiger partial charge is 0.408 e. The van der Waals surface area contributed by atoms with Gasteiger partial charge in [-0.15, -0.1) is 0 Å². The zero-order valence-corrected chi connectivity index (χ0v) is 16.6. The maximum atomic E-state index is 12.7. The van der Waals surface area contributed by atoms with E-state index in [0.717, 1.165) is 31.2 Å². The number of benzene rings is 1. The number of rotatable bonds is 7. The van der Waals surface area contributed by atoms with Gasteiger partial charge in [0, 0.05) is 6.04 Å². The van der Waals surface area contributed by atoms with Crippen molar-refractivity contribution in [3.05, 3.63) is 35.9 Å². The molecule has 0 saturated heterocycles. The summed E-state index contributed by atoms with van der Waals surface area (Å²) in [5.74, 6) is -0.220. The highest BCUT2D eigenvalue weighted by atomic mass is 16.5. The Kier molecular flexibility index (Phi) is 8.10. The van der Waals surface area contributed by atoms with Crippen LogP contribution in [0.25, 0.3) is 0 Å². The van der Waals surface area contributed by atoms with Crippen LogP contribution in [0.4, 0.5) is 4.79 Å². The SMILES string of the molecule is CC(C)(C)OC[C@@H](NC(=O)OCc1ccccc1)C(=O)NC1CCCCC1. The largest absolute Gasteiger partial charge is 0.445 e. The highest BCUT2D eigenvalue weighted by Crippen LogP contribution is 2.17. The monoisotopic (exact) mass is 376 g/mol. The molecule has 1 aliphatic carbocycles. The fourth-order valence-corrected chi connectivity index (χ4v) is 2.97. The predicted octanol–water partition coefficient (Wildman–Crippen LogP) is 3.55. The summed E-state index contributed by atoms with van der Waals surface area (Å²) in [6.07, 6.45) is 4.81. The first-order valence-corrected chi connectivity index (χ1v) is 9.75. The van der Waals surface area contributed by atoms with Crippen LogP contribution in [-0.4, -0.2) is 36.3 Å². The summed E-state index contributed by atoms with van der Waals surface area (Å²) in [7, 11) is 0. The summed E-state index contributed by atoms with van der Waals surface area (Å²) < 4.78 is 11.0. The van der Waals surface area contributed by atoms with Gasteiger partial charge in [-0.05, 0) is 39.2 Å². The summed E-state index contributed by atoms with van der Waals surface area (Å²) in [6, 6.07) is 8.81. The molecule has 2 amide bonds. The van der Waals surface area contributed by atoms with Crippen molar-refractivity contribution >= 4 is 12.0 Å². The predicted molar refractivity (Wildman–Crippen MR) is 104 cm³/mol. The van der Waals surface area contributed by atoms with Crippen molar-refractivity contribution in [2.24, 2.45) is 0 Å². The van der Waals surface area contributed by atoms with Crippen molar-refractivity contribution < 1.29 is 19.1 Å². The topological polar surface area (TPSA) is 76.7 Å². The lowest BCUT2D eigenvalue weighted by Crippen LogP contribution is -2.53. The van der Waals surface area contributed by atoms with E-state index in [4.69, 9.17) is 9.47 Å². The third-order valence-electron chi connectivity index (χ3n) is 4.46. The Labute approximate surface area is 162 Å². The molecule has 0 aliphatic heterocycles. The maximum absolute atomic E-state index is 12.7. The highest BCUT2D eigenvalue weighted by molar-refractivity contribution is 5.86. The zero-order valence-electron chi connectivity index (χ0n) is 16.6. The van der Waals surface area contributed by atoms with E-state index in [1.165, 1.54) is 6.42 Å². The molecule has 0 radical (unpaired) electrons. The number of hydrogen-bond acceptors (Lipinski definition) is 4. The number of nitrogens with one attached hydrogen (secondary N) is 2. The van der Waals surface area contributed by atoms with E-state index in [-0.39, 0.29) is 25.2 Å². The third kappa shape index (κ3) is 8.43. The molecule has 1 aliphatic rings. The number of alkyl carbamates (subject to hydrolysis) is 1. The van der Waals surface area contributed by atoms with Crippen LogP contribution < -0.4 is 10.6 Å². The second kappa shape index (κ2) is 10.3. The van der Waals surface area contributed by atoms with E-state index in [2.05, 4.69) is 10.6 Å². The van der Waals surface area contributed by atoms with Crippen LogP contribution in [0.15, 0.2) is 30.3 Å². The molecule has 1 fully saturated rings. The van der Waals surface area contributed by atoms with Crippen molar-refractivity contribution in [3.8, 4) is 0 Å². The van der Waals surface area contributed by atoms with Gasteiger partial charge in [-0.25, -0.2) is 4.79 Å². The molecule has 0 heterocycles. The zero-order chi connectivity index (χ0) is 19.7. The van der Waals surface area contributed by atoms with Crippen LogP contribution in [0.2, 0.25) is 0 Å². The normalized spacial score (nSPS) is 16.4. The van der Waals surface area contributed by atoms with Crippen LogP contribution >= 0.6 is 0 Å². The summed E-state index contributed by atoms with van der Waals surface area (Å²) in [4.78, 5) is 24.9. The fourth-order valence-electron chi connectivity index (χ4n) is 2.97. The van der Waals surface area contributed by atoms with E-state index in [1.807, 2.05) is 51.1 Å². The van der Waals surface area contributed by atoms with Gasteiger partial charge in [-0.1, -0.05) is 49.6 Å². The lowest BCUT2D eigenvalue weighted by molar-refractivity contribution is -0.127. The molecule has 6 heteroatoms. The fraction of sp³-hybridized carbons (Fsp3) is 0.619. The first kappa shape index (κ1) is 21.2. The van der Waals surface area contributed by atoms with Gasteiger partial charge in [0.15, 0.2) is 0 Å². The summed E-state index contributed by atoms with van der Waals surface area (Å²) in [5, 5.41) is 5.70. The number of hydrogen-bond donors (Lipinski definition) is 2. The molecule has 1 atom stereocenters. The molecule has 0 unspecified atom stereocenters. The first-order valence-electron chi connectivity index (χ1n) is 9.75. The third-order valence-corrected chi connectivity index (χ3v) is 4.46. The summed E-state index contributed by atoms with van der Waals surface area (Å²) in [5.41, 5.74) is 0.487. The molecular weight excluding hydrogens is 344 g/mol. The Balaban J connectivity index is 1.89. The average molecular weight is 376 g/mol. The van der Waals surface area contributed by atoms with Crippen molar-refractivity contribution in [2.75, 3.05) is 6.61 Å². The van der Waals surface area contributed by atoms with Gasteiger partial charge in [-0.2, -0.15) is 0 Å². The van der Waals surface area contributed by atoms with Crippen molar-refractivity contribution in [1.82, 2.24) is 10.6 Å². The Morgan fingerprint density at radius 2 is 1.78 bits per heavy atom. The van der Waals surface area contributed by atoms with Gasteiger partial charge >= 0.3 is 6.09 Å². The molecule has 2 rings (SSSR count). The number of carbonyl (C=O) groups excluding carboxylic acids is 2. The second-order valence-electron chi connectivity index (χ2n) is 8.03. The van der Waals surface area contributed by atoms with Crippen molar-refractivity contribution in [1.29, 1.82) is 0 Å². The van der Waals surface area contributed by atoms with E-state index in [1.54, 1.807) is 0 Å². The Morgan fingerprint density at radius 3 is 2.41 bits per heavy atom. The molecule has 27 heavy (non-hydrogen) atoms. The number of amides is 2. The highest BCUT2D eigenvalue weighted by Gasteiger charge is 2.26. The van der Waals surface area contributed by atoms with Gasteiger partial charge < -0.3 is 20.1 Å². The minimum absolute atomic E-state index is 0.0997. The Hall–Kier alpha value is -2.08.